The molecule has 116 valence electrons. The van der Waals surface area contributed by atoms with Crippen LogP contribution < -0.4 is 5.32 Å². The SMILES string of the molecule is O=C(c1ccc2sccc2c1)N1CCC(N2CCNCC2)C1. The van der Waals surface area contributed by atoms with Crippen LogP contribution in [0.5, 0.6) is 0 Å². The molecule has 1 unspecified atom stereocenters. The van der Waals surface area contributed by atoms with E-state index in [0.29, 0.717) is 6.04 Å². The number of carbonyl (C=O) groups excluding carboxylic acids is 1. The van der Waals surface area contributed by atoms with Gasteiger partial charge in [0.15, 0.2) is 0 Å². The van der Waals surface area contributed by atoms with Crippen LogP contribution in [0.2, 0.25) is 0 Å². The molecule has 0 spiro atoms. The van der Waals surface area contributed by atoms with Crippen molar-refractivity contribution >= 4 is 27.3 Å². The summed E-state index contributed by atoms with van der Waals surface area (Å²) in [5.74, 6) is 0.186. The Morgan fingerprint density at radius 1 is 1.18 bits per heavy atom. The molecule has 0 saturated carbocycles. The largest absolute Gasteiger partial charge is 0.337 e. The van der Waals surface area contributed by atoms with E-state index in [1.807, 2.05) is 17.0 Å². The molecule has 4 nitrogen and oxygen atoms in total. The van der Waals surface area contributed by atoms with E-state index >= 15 is 0 Å². The molecular weight excluding hydrogens is 294 g/mol. The van der Waals surface area contributed by atoms with Gasteiger partial charge in [-0.1, -0.05) is 0 Å². The number of carbonyl (C=O) groups is 1. The van der Waals surface area contributed by atoms with E-state index in [1.54, 1.807) is 11.3 Å². The third kappa shape index (κ3) is 2.64. The summed E-state index contributed by atoms with van der Waals surface area (Å²) in [5.41, 5.74) is 0.826. The van der Waals surface area contributed by atoms with Crippen LogP contribution in [-0.4, -0.2) is 61.0 Å². The Kier molecular flexibility index (Phi) is 3.86. The Bertz CT molecular complexity index is 677. The van der Waals surface area contributed by atoms with Crippen molar-refractivity contribution in [2.45, 2.75) is 12.5 Å². The lowest BCUT2D eigenvalue weighted by Gasteiger charge is -2.32. The molecule has 1 N–H and O–H groups in total. The van der Waals surface area contributed by atoms with Gasteiger partial charge in [0.1, 0.15) is 0 Å². The van der Waals surface area contributed by atoms with Crippen molar-refractivity contribution in [2.24, 2.45) is 0 Å². The molecule has 4 rings (SSSR count). The predicted octanol–water partition coefficient (Wildman–Crippen LogP) is 2.02. The van der Waals surface area contributed by atoms with Gasteiger partial charge >= 0.3 is 0 Å². The monoisotopic (exact) mass is 315 g/mol. The van der Waals surface area contributed by atoms with Gasteiger partial charge in [0.2, 0.25) is 0 Å². The highest BCUT2D eigenvalue weighted by Crippen LogP contribution is 2.24. The third-order valence-electron chi connectivity index (χ3n) is 4.82. The first-order valence-corrected chi connectivity index (χ1v) is 8.90. The normalized spacial score (nSPS) is 23.3. The quantitative estimate of drug-likeness (QED) is 0.921. The fourth-order valence-corrected chi connectivity index (χ4v) is 4.32. The highest BCUT2D eigenvalue weighted by molar-refractivity contribution is 7.17. The summed E-state index contributed by atoms with van der Waals surface area (Å²) in [5, 5.41) is 6.64. The van der Waals surface area contributed by atoms with Gasteiger partial charge in [0, 0.05) is 55.6 Å². The number of nitrogens with one attached hydrogen (secondary N) is 1. The summed E-state index contributed by atoms with van der Waals surface area (Å²) < 4.78 is 1.25. The molecule has 2 aliphatic heterocycles. The Labute approximate surface area is 134 Å². The first kappa shape index (κ1) is 14.2. The van der Waals surface area contributed by atoms with E-state index in [1.165, 1.54) is 10.1 Å². The predicted molar refractivity (Wildman–Crippen MR) is 90.6 cm³/mol. The van der Waals surface area contributed by atoms with E-state index in [2.05, 4.69) is 27.7 Å². The zero-order valence-corrected chi connectivity index (χ0v) is 13.4. The minimum atomic E-state index is 0.186. The summed E-state index contributed by atoms with van der Waals surface area (Å²) in [6, 6.07) is 8.70. The van der Waals surface area contributed by atoms with Crippen molar-refractivity contribution in [1.82, 2.24) is 15.1 Å². The second-order valence-electron chi connectivity index (χ2n) is 6.15. The third-order valence-corrected chi connectivity index (χ3v) is 5.72. The fraction of sp³-hybridized carbons (Fsp3) is 0.471. The molecule has 2 aliphatic rings. The topological polar surface area (TPSA) is 35.6 Å². The number of hydrogen-bond donors (Lipinski definition) is 1. The van der Waals surface area contributed by atoms with Crippen molar-refractivity contribution in [3.63, 3.8) is 0 Å². The van der Waals surface area contributed by atoms with Crippen LogP contribution in [0.1, 0.15) is 16.8 Å². The number of likely N-dealkylation sites (tertiary alicyclic amines) is 1. The van der Waals surface area contributed by atoms with Gasteiger partial charge in [-0.25, -0.2) is 0 Å². The average molecular weight is 315 g/mol. The summed E-state index contributed by atoms with van der Waals surface area (Å²) in [6.45, 7) is 6.11. The average Bonchev–Trinajstić information content (AvgIpc) is 3.23. The van der Waals surface area contributed by atoms with Gasteiger partial charge in [-0.05, 0) is 41.5 Å². The minimum Gasteiger partial charge on any atom is -0.337 e. The van der Waals surface area contributed by atoms with Crippen LogP contribution in [-0.2, 0) is 0 Å². The first-order valence-electron chi connectivity index (χ1n) is 8.02. The molecule has 1 amide bonds. The van der Waals surface area contributed by atoms with Crippen LogP contribution >= 0.6 is 11.3 Å². The maximum Gasteiger partial charge on any atom is 0.253 e. The number of thiophene rings is 1. The Balaban J connectivity index is 1.46. The smallest absolute Gasteiger partial charge is 0.253 e. The van der Waals surface area contributed by atoms with Crippen molar-refractivity contribution in [3.8, 4) is 0 Å². The molecule has 0 aliphatic carbocycles. The number of nitrogens with zero attached hydrogens (tertiary/aromatic N) is 2. The number of hydrogen-bond acceptors (Lipinski definition) is 4. The molecule has 3 heterocycles. The molecule has 0 bridgehead atoms. The van der Waals surface area contributed by atoms with Crippen LogP contribution in [0, 0.1) is 0 Å². The van der Waals surface area contributed by atoms with Crippen molar-refractivity contribution in [3.05, 3.63) is 35.2 Å². The number of fused-ring (bicyclic) bond motifs is 1. The Morgan fingerprint density at radius 3 is 2.91 bits per heavy atom. The molecule has 2 fully saturated rings. The van der Waals surface area contributed by atoms with Gasteiger partial charge < -0.3 is 10.2 Å². The van der Waals surface area contributed by atoms with E-state index in [0.717, 1.165) is 51.3 Å². The van der Waals surface area contributed by atoms with Crippen molar-refractivity contribution in [2.75, 3.05) is 39.3 Å². The van der Waals surface area contributed by atoms with Crippen LogP contribution in [0.4, 0.5) is 0 Å². The molecule has 5 heteroatoms. The Hall–Kier alpha value is -1.43. The summed E-state index contributed by atoms with van der Waals surface area (Å²) in [6.07, 6.45) is 1.10. The van der Waals surface area contributed by atoms with Gasteiger partial charge in [0.25, 0.3) is 5.91 Å². The first-order chi connectivity index (χ1) is 10.8. The van der Waals surface area contributed by atoms with Gasteiger partial charge in [-0.15, -0.1) is 11.3 Å². The number of rotatable bonds is 2. The summed E-state index contributed by atoms with van der Waals surface area (Å²) >= 11 is 1.72. The molecule has 0 radical (unpaired) electrons. The highest BCUT2D eigenvalue weighted by Gasteiger charge is 2.31. The zero-order valence-electron chi connectivity index (χ0n) is 12.6. The summed E-state index contributed by atoms with van der Waals surface area (Å²) in [7, 11) is 0. The molecule has 1 atom stereocenters. The van der Waals surface area contributed by atoms with E-state index in [9.17, 15) is 4.79 Å². The maximum atomic E-state index is 12.7. The minimum absolute atomic E-state index is 0.186. The van der Waals surface area contributed by atoms with E-state index < -0.39 is 0 Å². The highest BCUT2D eigenvalue weighted by atomic mass is 32.1. The second kappa shape index (κ2) is 5.99. The van der Waals surface area contributed by atoms with Crippen LogP contribution in [0.15, 0.2) is 29.6 Å². The molecular formula is C17H21N3OS. The molecule has 2 saturated heterocycles. The van der Waals surface area contributed by atoms with Gasteiger partial charge in [-0.3, -0.25) is 9.69 Å². The van der Waals surface area contributed by atoms with Crippen molar-refractivity contribution in [1.29, 1.82) is 0 Å². The molecule has 1 aromatic carbocycles. The van der Waals surface area contributed by atoms with Crippen molar-refractivity contribution < 1.29 is 4.79 Å². The lowest BCUT2D eigenvalue weighted by molar-refractivity contribution is 0.0773. The number of benzene rings is 1. The second-order valence-corrected chi connectivity index (χ2v) is 7.10. The van der Waals surface area contributed by atoms with Gasteiger partial charge in [0.05, 0.1) is 0 Å². The zero-order chi connectivity index (χ0) is 14.9. The fourth-order valence-electron chi connectivity index (χ4n) is 3.55. The van der Waals surface area contributed by atoms with Crippen LogP contribution in [0.3, 0.4) is 0 Å². The maximum absolute atomic E-state index is 12.7. The molecule has 2 aromatic rings. The van der Waals surface area contributed by atoms with Gasteiger partial charge in [-0.2, -0.15) is 0 Å². The summed E-state index contributed by atoms with van der Waals surface area (Å²) in [4.78, 5) is 17.3. The van der Waals surface area contributed by atoms with Crippen LogP contribution in [0.25, 0.3) is 10.1 Å². The molecule has 22 heavy (non-hydrogen) atoms. The Morgan fingerprint density at radius 2 is 2.05 bits per heavy atom. The van der Waals surface area contributed by atoms with E-state index in [4.69, 9.17) is 0 Å². The molecule has 1 aromatic heterocycles. The standard InChI is InChI=1S/C17H21N3OS/c21-17(14-1-2-16-13(11-14)4-10-22-16)20-7-3-15(12-20)19-8-5-18-6-9-19/h1-2,4,10-11,15,18H,3,5-9,12H2. The lowest BCUT2D eigenvalue weighted by atomic mass is 10.1. The van der Waals surface area contributed by atoms with E-state index in [-0.39, 0.29) is 5.91 Å². The number of amides is 1. The number of piperazine rings is 1. The lowest BCUT2D eigenvalue weighted by Crippen LogP contribution is -2.49.